The number of nitrogens with zero attached hydrogens (tertiary/aromatic N) is 1. The molecule has 1 saturated heterocycles. The van der Waals surface area contributed by atoms with Crippen LogP contribution in [0.2, 0.25) is 0 Å². The fourth-order valence-electron chi connectivity index (χ4n) is 2.39. The van der Waals surface area contributed by atoms with Gasteiger partial charge in [0.1, 0.15) is 12.2 Å². The number of aliphatic hydroxyl groups excluding tert-OH is 1. The average molecular weight is 231 g/mol. The molecule has 0 bridgehead atoms. The number of rotatable bonds is 3. The lowest BCUT2D eigenvalue weighted by molar-refractivity contribution is -0.493. The van der Waals surface area contributed by atoms with Crippen LogP contribution in [0.4, 0.5) is 0 Å². The van der Waals surface area contributed by atoms with Gasteiger partial charge in [0.05, 0.1) is 6.61 Å². The first kappa shape index (κ1) is 11.8. The van der Waals surface area contributed by atoms with E-state index in [-0.39, 0.29) is 6.61 Å². The molecule has 2 atom stereocenters. The normalized spacial score (nSPS) is 30.4. The Morgan fingerprint density at radius 1 is 1.44 bits per heavy atom. The molecule has 6 heteroatoms. The van der Waals surface area contributed by atoms with Crippen LogP contribution in [0, 0.1) is 10.1 Å². The first-order valence-corrected chi connectivity index (χ1v) is 5.73. The topological polar surface area (TPSA) is 81.8 Å². The Labute approximate surface area is 93.7 Å². The van der Waals surface area contributed by atoms with Crippen molar-refractivity contribution in [3.05, 3.63) is 10.1 Å². The van der Waals surface area contributed by atoms with Gasteiger partial charge in [-0.05, 0) is 12.8 Å². The van der Waals surface area contributed by atoms with E-state index in [1.165, 1.54) is 6.42 Å². The fourth-order valence-corrected chi connectivity index (χ4v) is 2.39. The van der Waals surface area contributed by atoms with Crippen molar-refractivity contribution in [1.29, 1.82) is 0 Å². The SMILES string of the molecule is O=[N+]([O-])CC(O)C1COC2(CCCCC2)O1. The maximum absolute atomic E-state index is 10.3. The monoisotopic (exact) mass is 231 g/mol. The van der Waals surface area contributed by atoms with Crippen LogP contribution in [-0.2, 0) is 9.47 Å². The van der Waals surface area contributed by atoms with Crippen molar-refractivity contribution in [2.75, 3.05) is 13.2 Å². The Morgan fingerprint density at radius 3 is 2.75 bits per heavy atom. The summed E-state index contributed by atoms with van der Waals surface area (Å²) in [4.78, 5) is 9.76. The summed E-state index contributed by atoms with van der Waals surface area (Å²) in [6.07, 6.45) is 3.32. The van der Waals surface area contributed by atoms with Gasteiger partial charge in [-0.2, -0.15) is 0 Å². The lowest BCUT2D eigenvalue weighted by atomic mass is 9.94. The molecule has 2 fully saturated rings. The molecule has 0 radical (unpaired) electrons. The summed E-state index contributed by atoms with van der Waals surface area (Å²) in [5.41, 5.74) is 0. The first-order chi connectivity index (χ1) is 7.61. The number of hydrogen-bond donors (Lipinski definition) is 1. The van der Waals surface area contributed by atoms with Gasteiger partial charge in [0.15, 0.2) is 5.79 Å². The van der Waals surface area contributed by atoms with E-state index in [0.29, 0.717) is 0 Å². The predicted octanol–water partition coefficient (Wildman–Crippen LogP) is 0.700. The van der Waals surface area contributed by atoms with E-state index in [1.54, 1.807) is 0 Å². The first-order valence-electron chi connectivity index (χ1n) is 5.73. The molecule has 0 aromatic rings. The smallest absolute Gasteiger partial charge is 0.232 e. The zero-order valence-electron chi connectivity index (χ0n) is 9.13. The van der Waals surface area contributed by atoms with Gasteiger partial charge in [-0.25, -0.2) is 0 Å². The molecule has 1 heterocycles. The van der Waals surface area contributed by atoms with Crippen molar-refractivity contribution < 1.29 is 19.5 Å². The maximum Gasteiger partial charge on any atom is 0.232 e. The second-order valence-electron chi connectivity index (χ2n) is 4.52. The predicted molar refractivity (Wildman–Crippen MR) is 54.5 cm³/mol. The third kappa shape index (κ3) is 2.50. The van der Waals surface area contributed by atoms with E-state index in [1.807, 2.05) is 0 Å². The number of ether oxygens (including phenoxy) is 2. The van der Waals surface area contributed by atoms with E-state index in [2.05, 4.69) is 0 Å². The third-order valence-electron chi connectivity index (χ3n) is 3.26. The van der Waals surface area contributed by atoms with E-state index in [9.17, 15) is 15.2 Å². The Balaban J connectivity index is 1.89. The van der Waals surface area contributed by atoms with E-state index in [0.717, 1.165) is 25.7 Å². The Kier molecular flexibility index (Phi) is 3.41. The highest BCUT2D eigenvalue weighted by Crippen LogP contribution is 2.38. The molecule has 1 saturated carbocycles. The second-order valence-corrected chi connectivity index (χ2v) is 4.52. The van der Waals surface area contributed by atoms with Crippen molar-refractivity contribution >= 4 is 0 Å². The van der Waals surface area contributed by atoms with Gasteiger partial charge in [-0.1, -0.05) is 6.42 Å². The van der Waals surface area contributed by atoms with Crippen LogP contribution < -0.4 is 0 Å². The molecular formula is C10H17NO5. The van der Waals surface area contributed by atoms with E-state index >= 15 is 0 Å². The lowest BCUT2D eigenvalue weighted by Crippen LogP contribution is -2.38. The number of hydrogen-bond acceptors (Lipinski definition) is 5. The van der Waals surface area contributed by atoms with Crippen LogP contribution in [0.15, 0.2) is 0 Å². The minimum Gasteiger partial charge on any atom is -0.383 e. The minimum absolute atomic E-state index is 0.259. The summed E-state index contributed by atoms with van der Waals surface area (Å²) in [5, 5.41) is 19.9. The molecule has 2 rings (SSSR count). The van der Waals surface area contributed by atoms with Crippen LogP contribution in [0.3, 0.4) is 0 Å². The van der Waals surface area contributed by atoms with Crippen LogP contribution in [-0.4, -0.2) is 41.2 Å². The van der Waals surface area contributed by atoms with Crippen molar-refractivity contribution in [3.63, 3.8) is 0 Å². The largest absolute Gasteiger partial charge is 0.383 e. The van der Waals surface area contributed by atoms with Crippen LogP contribution in [0.25, 0.3) is 0 Å². The summed E-state index contributed by atoms with van der Waals surface area (Å²) in [6.45, 7) is -0.223. The van der Waals surface area contributed by atoms with Crippen molar-refractivity contribution in [2.24, 2.45) is 0 Å². The van der Waals surface area contributed by atoms with Gasteiger partial charge < -0.3 is 14.6 Å². The Hall–Kier alpha value is -0.720. The molecule has 92 valence electrons. The molecule has 6 nitrogen and oxygen atoms in total. The lowest BCUT2D eigenvalue weighted by Gasteiger charge is -2.32. The standard InChI is InChI=1S/C10H17NO5/c12-8(6-11(13)14)9-7-15-10(16-9)4-2-1-3-5-10/h8-9,12H,1-7H2. The fraction of sp³-hybridized carbons (Fsp3) is 1.00. The van der Waals surface area contributed by atoms with E-state index < -0.39 is 29.5 Å². The Morgan fingerprint density at radius 2 is 2.12 bits per heavy atom. The molecule has 16 heavy (non-hydrogen) atoms. The van der Waals surface area contributed by atoms with Crippen molar-refractivity contribution in [3.8, 4) is 0 Å². The number of aliphatic hydroxyl groups is 1. The van der Waals surface area contributed by atoms with Gasteiger partial charge in [-0.15, -0.1) is 0 Å². The van der Waals surface area contributed by atoms with Gasteiger partial charge in [0.2, 0.25) is 6.54 Å². The molecule has 1 aliphatic carbocycles. The van der Waals surface area contributed by atoms with Crippen molar-refractivity contribution in [1.82, 2.24) is 0 Å². The second kappa shape index (κ2) is 4.65. The molecule has 1 spiro atoms. The van der Waals surface area contributed by atoms with E-state index in [4.69, 9.17) is 9.47 Å². The molecule has 2 aliphatic rings. The minimum atomic E-state index is -1.07. The molecule has 0 aromatic carbocycles. The molecule has 1 N–H and O–H groups in total. The Bertz CT molecular complexity index is 264. The van der Waals surface area contributed by atoms with Crippen molar-refractivity contribution in [2.45, 2.75) is 50.1 Å². The zero-order valence-corrected chi connectivity index (χ0v) is 9.13. The van der Waals surface area contributed by atoms with Gasteiger partial charge in [0.25, 0.3) is 0 Å². The van der Waals surface area contributed by atoms with Gasteiger partial charge in [-0.3, -0.25) is 10.1 Å². The highest BCUT2D eigenvalue weighted by molar-refractivity contribution is 4.85. The molecule has 0 aromatic heterocycles. The van der Waals surface area contributed by atoms with Crippen LogP contribution in [0.5, 0.6) is 0 Å². The average Bonchev–Trinajstić information content (AvgIpc) is 2.62. The highest BCUT2D eigenvalue weighted by atomic mass is 16.7. The zero-order chi connectivity index (χ0) is 11.6. The van der Waals surface area contributed by atoms with Gasteiger partial charge in [0, 0.05) is 17.8 Å². The quantitative estimate of drug-likeness (QED) is 0.571. The summed E-state index contributed by atoms with van der Waals surface area (Å²) in [7, 11) is 0. The molecular weight excluding hydrogens is 214 g/mol. The summed E-state index contributed by atoms with van der Waals surface area (Å²) < 4.78 is 11.3. The van der Waals surface area contributed by atoms with Crippen LogP contribution in [0.1, 0.15) is 32.1 Å². The number of nitro groups is 1. The maximum atomic E-state index is 10.3. The van der Waals surface area contributed by atoms with Gasteiger partial charge >= 0.3 is 0 Å². The summed E-state index contributed by atoms with van der Waals surface area (Å²) in [6, 6.07) is 0. The third-order valence-corrected chi connectivity index (χ3v) is 3.26. The summed E-state index contributed by atoms with van der Waals surface area (Å²) in [5.74, 6) is -0.569. The summed E-state index contributed by atoms with van der Waals surface area (Å²) >= 11 is 0. The highest BCUT2D eigenvalue weighted by Gasteiger charge is 2.45. The van der Waals surface area contributed by atoms with Crippen LogP contribution >= 0.6 is 0 Å². The molecule has 1 aliphatic heterocycles. The molecule has 2 unspecified atom stereocenters. The molecule has 0 amide bonds.